The predicted molar refractivity (Wildman–Crippen MR) is 146 cm³/mol. The van der Waals surface area contributed by atoms with Crippen molar-refractivity contribution in [3.05, 3.63) is 76.4 Å². The summed E-state index contributed by atoms with van der Waals surface area (Å²) in [4.78, 5) is 46.5. The van der Waals surface area contributed by atoms with Gasteiger partial charge in [-0.15, -0.1) is 11.3 Å². The lowest BCUT2D eigenvalue weighted by Gasteiger charge is -2.19. The number of amides is 3. The first-order valence-corrected chi connectivity index (χ1v) is 12.8. The minimum absolute atomic E-state index is 0.0209. The van der Waals surface area contributed by atoms with Crippen molar-refractivity contribution in [3.8, 4) is 0 Å². The number of alkyl halides is 3. The van der Waals surface area contributed by atoms with Crippen LogP contribution in [0.15, 0.2) is 71.5 Å². The molecule has 3 amide bonds. The number of hydrogen-bond donors (Lipinski definition) is 4. The Hall–Kier alpha value is -4.20. The Morgan fingerprint density at radius 2 is 2.00 bits per heavy atom. The molecule has 2 unspecified atom stereocenters. The van der Waals surface area contributed by atoms with Crippen molar-refractivity contribution in [2.75, 3.05) is 13.1 Å². The Labute approximate surface area is 233 Å². The van der Waals surface area contributed by atoms with Crippen LogP contribution in [0.4, 0.5) is 13.2 Å². The van der Waals surface area contributed by atoms with Crippen LogP contribution >= 0.6 is 11.3 Å². The minimum atomic E-state index is -4.86. The fraction of sp³-hybridized carbons (Fsp3) is 0.346. The van der Waals surface area contributed by atoms with Crippen LogP contribution in [-0.4, -0.2) is 64.2 Å². The Morgan fingerprint density at radius 3 is 2.60 bits per heavy atom. The molecule has 1 aliphatic heterocycles. The van der Waals surface area contributed by atoms with Crippen molar-refractivity contribution in [1.29, 1.82) is 0 Å². The Balaban J connectivity index is 2.10. The van der Waals surface area contributed by atoms with Crippen molar-refractivity contribution in [2.45, 2.75) is 45.5 Å². The number of likely N-dealkylation sites (tertiary alicyclic amines) is 1. The summed E-state index contributed by atoms with van der Waals surface area (Å²) in [6, 6.07) is -0.607. The number of allylic oxidation sites excluding steroid dienone is 5. The number of aliphatic hydroxyl groups excluding tert-OH is 1. The first kappa shape index (κ1) is 32.0. The van der Waals surface area contributed by atoms with E-state index in [-0.39, 0.29) is 22.3 Å². The normalized spacial score (nSPS) is 18.0. The smallest absolute Gasteiger partial charge is 0.420 e. The van der Waals surface area contributed by atoms with Crippen molar-refractivity contribution >= 4 is 35.3 Å². The molecule has 0 aromatic carbocycles. The van der Waals surface area contributed by atoms with Crippen molar-refractivity contribution < 1.29 is 32.7 Å². The summed E-state index contributed by atoms with van der Waals surface area (Å²) in [6.07, 6.45) is 1.90. The lowest BCUT2D eigenvalue weighted by atomic mass is 10.1. The molecular weight excluding hydrogens is 549 g/mol. The molecule has 1 aliphatic rings. The van der Waals surface area contributed by atoms with Crippen molar-refractivity contribution in [2.24, 2.45) is 4.99 Å². The van der Waals surface area contributed by atoms with Crippen LogP contribution in [0.2, 0.25) is 0 Å². The molecular formula is C26H31F3N6O4S. The number of aliphatic hydroxyl groups is 1. The molecule has 1 fully saturated rings. The second-order valence-corrected chi connectivity index (χ2v) is 9.80. The van der Waals surface area contributed by atoms with Gasteiger partial charge in [0, 0.05) is 36.7 Å². The maximum atomic E-state index is 13.2. The summed E-state index contributed by atoms with van der Waals surface area (Å²) in [5.41, 5.74) is -0.649. The number of nitrogens with one attached hydrogen (secondary N) is 3. The zero-order valence-corrected chi connectivity index (χ0v) is 23.0. The number of halogens is 3. The second kappa shape index (κ2) is 14.3. The van der Waals surface area contributed by atoms with Crippen molar-refractivity contribution in [1.82, 2.24) is 25.8 Å². The SMILES string of the molecule is C=C/N=C(\C=C(/C)N1CCC(NC=O)C1)C(=O)NC(C)c1ncc(C(=O)N/C(C)=C/C(=C(/O)C=C)C(F)(F)F)s1. The molecule has 1 aromatic rings. The Bertz CT molecular complexity index is 1270. The summed E-state index contributed by atoms with van der Waals surface area (Å²) in [5, 5.41) is 17.7. The number of carbonyl (C=O) groups excluding carboxylic acids is 3. The molecule has 0 spiro atoms. The van der Waals surface area contributed by atoms with Gasteiger partial charge < -0.3 is 26.0 Å². The zero-order valence-electron chi connectivity index (χ0n) is 22.2. The van der Waals surface area contributed by atoms with E-state index < -0.39 is 35.4 Å². The lowest BCUT2D eigenvalue weighted by Crippen LogP contribution is -2.33. The van der Waals surface area contributed by atoms with E-state index in [1.807, 2.05) is 11.8 Å². The predicted octanol–water partition coefficient (Wildman–Crippen LogP) is 3.82. The summed E-state index contributed by atoms with van der Waals surface area (Å²) in [7, 11) is 0. The van der Waals surface area contributed by atoms with E-state index in [1.165, 1.54) is 19.3 Å². The highest BCUT2D eigenvalue weighted by molar-refractivity contribution is 7.13. The van der Waals surface area contributed by atoms with Gasteiger partial charge in [0.2, 0.25) is 6.41 Å². The fourth-order valence-corrected chi connectivity index (χ4v) is 4.51. The quantitative estimate of drug-likeness (QED) is 0.128. The van der Waals surface area contributed by atoms with Gasteiger partial charge in [0.25, 0.3) is 11.8 Å². The second-order valence-electron chi connectivity index (χ2n) is 8.74. The van der Waals surface area contributed by atoms with E-state index in [0.717, 1.165) is 23.5 Å². The molecule has 0 bridgehead atoms. The third-order valence-electron chi connectivity index (χ3n) is 5.71. The first-order chi connectivity index (χ1) is 18.8. The van der Waals surface area contributed by atoms with Gasteiger partial charge in [-0.05, 0) is 45.4 Å². The zero-order chi connectivity index (χ0) is 30.0. The van der Waals surface area contributed by atoms with Gasteiger partial charge in [-0.25, -0.2) is 4.98 Å². The van der Waals surface area contributed by atoms with Gasteiger partial charge in [-0.3, -0.25) is 19.4 Å². The first-order valence-electron chi connectivity index (χ1n) is 12.0. The van der Waals surface area contributed by atoms with Gasteiger partial charge >= 0.3 is 6.18 Å². The fourth-order valence-electron chi connectivity index (χ4n) is 3.69. The van der Waals surface area contributed by atoms with E-state index in [4.69, 9.17) is 0 Å². The van der Waals surface area contributed by atoms with Crippen LogP contribution in [0.5, 0.6) is 0 Å². The average Bonchev–Trinajstić information content (AvgIpc) is 3.56. The highest BCUT2D eigenvalue weighted by atomic mass is 32.1. The van der Waals surface area contributed by atoms with Crippen LogP contribution < -0.4 is 16.0 Å². The number of nitrogens with zero attached hydrogens (tertiary/aromatic N) is 3. The van der Waals surface area contributed by atoms with Crippen LogP contribution in [0, 0.1) is 0 Å². The van der Waals surface area contributed by atoms with Crippen molar-refractivity contribution in [3.63, 3.8) is 0 Å². The summed E-state index contributed by atoms with van der Waals surface area (Å²) < 4.78 is 39.5. The average molecular weight is 581 g/mol. The van der Waals surface area contributed by atoms with E-state index in [1.54, 1.807) is 13.0 Å². The van der Waals surface area contributed by atoms with Crippen LogP contribution in [0.1, 0.15) is 47.9 Å². The Morgan fingerprint density at radius 1 is 1.30 bits per heavy atom. The van der Waals surface area contributed by atoms with Crippen LogP contribution in [0.3, 0.4) is 0 Å². The van der Waals surface area contributed by atoms with Crippen LogP contribution in [0.25, 0.3) is 0 Å². The van der Waals surface area contributed by atoms with E-state index >= 15 is 0 Å². The maximum absolute atomic E-state index is 13.2. The summed E-state index contributed by atoms with van der Waals surface area (Å²) >= 11 is 0.949. The number of aromatic nitrogens is 1. The number of aliphatic imine (C=N–C) groups is 1. The number of rotatable bonds is 12. The molecule has 1 saturated heterocycles. The topological polar surface area (TPSA) is 136 Å². The lowest BCUT2D eigenvalue weighted by molar-refractivity contribution is -0.115. The molecule has 14 heteroatoms. The Kier molecular flexibility index (Phi) is 11.4. The highest BCUT2D eigenvalue weighted by Crippen LogP contribution is 2.29. The third-order valence-corrected chi connectivity index (χ3v) is 6.89. The molecule has 2 rings (SSSR count). The molecule has 0 radical (unpaired) electrons. The molecule has 40 heavy (non-hydrogen) atoms. The molecule has 0 aliphatic carbocycles. The van der Waals surface area contributed by atoms with Gasteiger partial charge in [0.05, 0.1) is 17.8 Å². The molecule has 4 N–H and O–H groups in total. The van der Waals surface area contributed by atoms with E-state index in [0.29, 0.717) is 36.7 Å². The largest absolute Gasteiger partial charge is 0.507 e. The number of thiazole rings is 1. The van der Waals surface area contributed by atoms with Gasteiger partial charge in [-0.2, -0.15) is 13.2 Å². The number of carbonyl (C=O) groups is 3. The summed E-state index contributed by atoms with van der Waals surface area (Å²) in [5.74, 6) is -2.30. The molecule has 0 saturated carbocycles. The van der Waals surface area contributed by atoms with Crippen LogP contribution in [-0.2, 0) is 9.59 Å². The molecule has 216 valence electrons. The monoisotopic (exact) mass is 580 g/mol. The maximum Gasteiger partial charge on any atom is 0.420 e. The molecule has 10 nitrogen and oxygen atoms in total. The van der Waals surface area contributed by atoms with Gasteiger partial charge in [-0.1, -0.05) is 13.2 Å². The summed E-state index contributed by atoms with van der Waals surface area (Å²) in [6.45, 7) is 12.7. The van der Waals surface area contributed by atoms with E-state index in [9.17, 15) is 32.7 Å². The standard InChI is InChI=1S/C26H31F3N6O4S/c1-6-21(37)19(26(27,28)29)10-15(3)33-24(39)22-12-31-25(40-22)17(5)34-23(38)20(30-7-2)11-16(4)35-9-8-18(13-35)32-14-36/h6-7,10-12,14,17-18,37H,1-2,8-9,13H2,3-5H3,(H,32,36)(H,33,39)(H,34,38)/b15-10+,16-11+,21-19-,30-20+. The third kappa shape index (κ3) is 8.93. The van der Waals surface area contributed by atoms with Gasteiger partial charge in [0.15, 0.2) is 0 Å². The molecule has 1 aromatic heterocycles. The molecule has 2 atom stereocenters. The minimum Gasteiger partial charge on any atom is -0.507 e. The van der Waals surface area contributed by atoms with E-state index in [2.05, 4.69) is 39.1 Å². The number of hydrogen-bond acceptors (Lipinski definition) is 8. The molecule has 2 heterocycles. The highest BCUT2D eigenvalue weighted by Gasteiger charge is 2.35. The van der Waals surface area contributed by atoms with Gasteiger partial charge in [0.1, 0.15) is 21.4 Å².